The number of hydrogen-bond acceptors (Lipinski definition) is 7. The number of morpholine rings is 1. The van der Waals surface area contributed by atoms with Crippen molar-refractivity contribution >= 4 is 21.3 Å². The predicted octanol–water partition coefficient (Wildman–Crippen LogP) is 1.27. The summed E-state index contributed by atoms with van der Waals surface area (Å²) in [6.07, 6.45) is 2.60. The number of aromatic nitrogens is 2. The minimum absolute atomic E-state index is 0.110. The molecule has 1 aliphatic heterocycles. The Morgan fingerprint density at radius 1 is 1.32 bits per heavy atom. The maximum atomic E-state index is 12.7. The summed E-state index contributed by atoms with van der Waals surface area (Å²) >= 11 is 0. The largest absolute Gasteiger partial charge is 0.534 e. The van der Waals surface area contributed by atoms with Gasteiger partial charge in [-0.15, -0.1) is 0 Å². The Morgan fingerprint density at radius 3 is 2.60 bits per heavy atom. The minimum Gasteiger partial charge on any atom is -0.378 e. The molecule has 1 aliphatic rings. The number of alkyl halides is 3. The summed E-state index contributed by atoms with van der Waals surface area (Å²) in [5.41, 5.74) is -5.46. The van der Waals surface area contributed by atoms with Crippen molar-refractivity contribution in [1.29, 1.82) is 5.26 Å². The summed E-state index contributed by atoms with van der Waals surface area (Å²) in [4.78, 5) is 1.78. The molecule has 0 atom stereocenters. The summed E-state index contributed by atoms with van der Waals surface area (Å²) in [7, 11) is -5.89. The predicted molar refractivity (Wildman–Crippen MR) is 78.5 cm³/mol. The van der Waals surface area contributed by atoms with Crippen LogP contribution in [-0.4, -0.2) is 49.8 Å². The van der Waals surface area contributed by atoms with Crippen molar-refractivity contribution in [2.75, 3.05) is 31.2 Å². The summed E-state index contributed by atoms with van der Waals surface area (Å²) in [5, 5.41) is 12.9. The van der Waals surface area contributed by atoms with Crippen LogP contribution in [0.25, 0.3) is 5.52 Å². The average Bonchev–Trinajstić information content (AvgIpc) is 2.97. The molecule has 25 heavy (non-hydrogen) atoms. The Kier molecular flexibility index (Phi) is 4.21. The second-order valence-corrected chi connectivity index (χ2v) is 6.65. The van der Waals surface area contributed by atoms with Gasteiger partial charge in [-0.2, -0.15) is 31.9 Å². The molecule has 12 heteroatoms. The molecule has 2 aromatic heterocycles. The molecule has 0 amide bonds. The summed E-state index contributed by atoms with van der Waals surface area (Å²) in [6.45, 7) is 1.75. The fraction of sp³-hybridized carbons (Fsp3) is 0.385. The van der Waals surface area contributed by atoms with Gasteiger partial charge in [0.15, 0.2) is 5.75 Å². The molecule has 0 N–H and O–H groups in total. The van der Waals surface area contributed by atoms with Crippen molar-refractivity contribution in [3.05, 3.63) is 24.0 Å². The van der Waals surface area contributed by atoms with E-state index in [0.717, 1.165) is 16.8 Å². The third-order valence-electron chi connectivity index (χ3n) is 3.54. The number of halogens is 3. The van der Waals surface area contributed by atoms with Crippen LogP contribution >= 0.6 is 0 Å². The van der Waals surface area contributed by atoms with Crippen LogP contribution in [0.2, 0.25) is 0 Å². The summed E-state index contributed by atoms with van der Waals surface area (Å²) in [5.74, 6) is -0.615. The van der Waals surface area contributed by atoms with E-state index in [9.17, 15) is 21.6 Å². The molecule has 0 spiro atoms. The van der Waals surface area contributed by atoms with Crippen LogP contribution < -0.4 is 9.08 Å². The van der Waals surface area contributed by atoms with Crippen molar-refractivity contribution in [1.82, 2.24) is 9.61 Å². The van der Waals surface area contributed by atoms with Crippen molar-refractivity contribution in [2.45, 2.75) is 5.51 Å². The highest BCUT2D eigenvalue weighted by atomic mass is 32.2. The second-order valence-electron chi connectivity index (χ2n) is 5.11. The molecule has 1 fully saturated rings. The van der Waals surface area contributed by atoms with E-state index < -0.39 is 21.4 Å². The highest BCUT2D eigenvalue weighted by Gasteiger charge is 2.49. The third kappa shape index (κ3) is 3.20. The molecule has 0 aliphatic carbocycles. The fourth-order valence-electron chi connectivity index (χ4n) is 2.38. The van der Waals surface area contributed by atoms with Gasteiger partial charge in [0.05, 0.1) is 31.3 Å². The number of fused-ring (bicyclic) bond motifs is 1. The first-order valence-corrected chi connectivity index (χ1v) is 8.39. The first-order chi connectivity index (χ1) is 11.7. The SMILES string of the molecule is N#Cc1cnn2cc(N3CCOCC3)cc(OS(=O)(=O)C(F)(F)F)c12. The van der Waals surface area contributed by atoms with Gasteiger partial charge in [-0.05, 0) is 0 Å². The van der Waals surface area contributed by atoms with Gasteiger partial charge >= 0.3 is 15.6 Å². The maximum Gasteiger partial charge on any atom is 0.534 e. The van der Waals surface area contributed by atoms with Crippen LogP contribution in [0.3, 0.4) is 0 Å². The van der Waals surface area contributed by atoms with Crippen LogP contribution in [0.15, 0.2) is 18.5 Å². The molecule has 3 heterocycles. The van der Waals surface area contributed by atoms with E-state index in [-0.39, 0.29) is 11.1 Å². The Morgan fingerprint density at radius 2 is 2.00 bits per heavy atom. The highest BCUT2D eigenvalue weighted by molar-refractivity contribution is 7.88. The van der Waals surface area contributed by atoms with Crippen LogP contribution in [-0.2, 0) is 14.9 Å². The molecular formula is C13H11F3N4O4S. The normalized spacial score (nSPS) is 16.0. The number of hydrogen-bond donors (Lipinski definition) is 0. The summed E-state index contributed by atoms with van der Waals surface area (Å²) < 4.78 is 71.3. The van der Waals surface area contributed by atoms with E-state index in [1.165, 1.54) is 6.20 Å². The zero-order valence-electron chi connectivity index (χ0n) is 12.5. The Bertz CT molecular complexity index is 943. The zero-order valence-corrected chi connectivity index (χ0v) is 13.3. The van der Waals surface area contributed by atoms with E-state index >= 15 is 0 Å². The molecule has 1 saturated heterocycles. The van der Waals surface area contributed by atoms with Crippen LogP contribution in [0.4, 0.5) is 18.9 Å². The van der Waals surface area contributed by atoms with Gasteiger partial charge in [0.1, 0.15) is 17.1 Å². The standard InChI is InChI=1S/C13H11F3N4O4S/c14-13(15,16)25(21,22)24-11-5-10(19-1-3-23-4-2-19)8-20-12(11)9(6-17)7-18-20/h5,7-8H,1-4H2. The molecule has 0 saturated carbocycles. The van der Waals surface area contributed by atoms with Gasteiger partial charge in [-0.25, -0.2) is 4.52 Å². The first kappa shape index (κ1) is 17.3. The van der Waals surface area contributed by atoms with Crippen molar-refractivity contribution < 1.29 is 30.5 Å². The molecule has 2 aromatic rings. The van der Waals surface area contributed by atoms with Crippen LogP contribution in [0.5, 0.6) is 5.75 Å². The number of ether oxygens (including phenoxy) is 1. The quantitative estimate of drug-likeness (QED) is 0.588. The molecule has 134 valence electrons. The van der Waals surface area contributed by atoms with Crippen LogP contribution in [0, 0.1) is 11.3 Å². The van der Waals surface area contributed by atoms with E-state index in [2.05, 4.69) is 9.28 Å². The van der Waals surface area contributed by atoms with Gasteiger partial charge in [-0.1, -0.05) is 0 Å². The van der Waals surface area contributed by atoms with E-state index in [1.54, 1.807) is 11.0 Å². The van der Waals surface area contributed by atoms with Crippen molar-refractivity contribution in [3.8, 4) is 11.8 Å². The molecule has 0 bridgehead atoms. The fourth-order valence-corrected chi connectivity index (χ4v) is 2.83. The van der Waals surface area contributed by atoms with Gasteiger partial charge in [0.2, 0.25) is 0 Å². The number of rotatable bonds is 3. The van der Waals surface area contributed by atoms with Crippen molar-refractivity contribution in [3.63, 3.8) is 0 Å². The Hall–Kier alpha value is -2.52. The number of nitriles is 1. The monoisotopic (exact) mass is 376 g/mol. The molecular weight excluding hydrogens is 365 g/mol. The molecule has 8 nitrogen and oxygen atoms in total. The molecule has 3 rings (SSSR count). The summed E-state index contributed by atoms with van der Waals surface area (Å²) in [6, 6.07) is 2.89. The highest BCUT2D eigenvalue weighted by Crippen LogP contribution is 2.33. The minimum atomic E-state index is -5.89. The Balaban J connectivity index is 2.13. The number of pyridine rings is 1. The number of anilines is 1. The lowest BCUT2D eigenvalue weighted by Gasteiger charge is -2.29. The lowest BCUT2D eigenvalue weighted by atomic mass is 10.2. The first-order valence-electron chi connectivity index (χ1n) is 6.98. The smallest absolute Gasteiger partial charge is 0.378 e. The van der Waals surface area contributed by atoms with Gasteiger partial charge in [0.25, 0.3) is 0 Å². The molecule has 0 unspecified atom stereocenters. The van der Waals surface area contributed by atoms with Gasteiger partial charge < -0.3 is 13.8 Å². The average molecular weight is 376 g/mol. The third-order valence-corrected chi connectivity index (χ3v) is 4.51. The maximum absolute atomic E-state index is 12.7. The van der Waals surface area contributed by atoms with E-state index in [1.807, 2.05) is 0 Å². The number of nitrogens with zero attached hydrogens (tertiary/aromatic N) is 4. The van der Waals surface area contributed by atoms with Crippen molar-refractivity contribution in [2.24, 2.45) is 0 Å². The van der Waals surface area contributed by atoms with Gasteiger partial charge in [0, 0.05) is 19.2 Å². The molecule has 0 radical (unpaired) electrons. The van der Waals surface area contributed by atoms with E-state index in [0.29, 0.717) is 32.0 Å². The van der Waals surface area contributed by atoms with E-state index in [4.69, 9.17) is 10.00 Å². The Labute approximate surface area is 140 Å². The topological polar surface area (TPSA) is 96.9 Å². The zero-order chi connectivity index (χ0) is 18.2. The lowest BCUT2D eigenvalue weighted by Crippen LogP contribution is -2.36. The second kappa shape index (κ2) is 6.08. The van der Waals surface area contributed by atoms with Crippen LogP contribution in [0.1, 0.15) is 5.56 Å². The lowest BCUT2D eigenvalue weighted by molar-refractivity contribution is -0.0499. The molecule has 0 aromatic carbocycles. The van der Waals surface area contributed by atoms with Gasteiger partial charge in [-0.3, -0.25) is 0 Å².